The average Bonchev–Trinajstić information content (AvgIpc) is 3.29. The third kappa shape index (κ3) is 4.24. The molecule has 156 valence electrons. The van der Waals surface area contributed by atoms with Gasteiger partial charge in [-0.1, -0.05) is 0 Å². The van der Waals surface area contributed by atoms with Crippen molar-refractivity contribution >= 4 is 29.5 Å². The van der Waals surface area contributed by atoms with Crippen LogP contribution < -0.4 is 5.32 Å². The second-order valence-electron chi connectivity index (χ2n) is 6.91. The predicted octanol–water partition coefficient (Wildman–Crippen LogP) is 1.86. The van der Waals surface area contributed by atoms with Crippen molar-refractivity contribution in [3.63, 3.8) is 0 Å². The van der Waals surface area contributed by atoms with Gasteiger partial charge in [0, 0.05) is 5.69 Å². The Hall–Kier alpha value is -2.94. The van der Waals surface area contributed by atoms with E-state index >= 15 is 0 Å². The highest BCUT2D eigenvalue weighted by atomic mass is 16.5. The highest BCUT2D eigenvalue weighted by Crippen LogP contribution is 2.44. The first-order valence-corrected chi connectivity index (χ1v) is 9.54. The summed E-state index contributed by atoms with van der Waals surface area (Å²) in [5.74, 6) is -4.68. The molecule has 2 bridgehead atoms. The summed E-state index contributed by atoms with van der Waals surface area (Å²) in [7, 11) is 0. The number of hydrogen-bond donors (Lipinski definition) is 2. The van der Waals surface area contributed by atoms with Crippen LogP contribution in [0.5, 0.6) is 0 Å². The largest absolute Gasteiger partial charge is 0.481 e. The molecule has 0 radical (unpaired) electrons. The number of amides is 1. The van der Waals surface area contributed by atoms with E-state index in [2.05, 4.69) is 5.32 Å². The van der Waals surface area contributed by atoms with Crippen LogP contribution in [0.2, 0.25) is 0 Å². The number of anilines is 1. The molecule has 3 rings (SSSR count). The summed E-state index contributed by atoms with van der Waals surface area (Å²) in [5.41, 5.74) is 0.328. The fourth-order valence-corrected chi connectivity index (χ4v) is 3.91. The van der Waals surface area contributed by atoms with Gasteiger partial charge in [0.1, 0.15) is 0 Å². The van der Waals surface area contributed by atoms with Crippen LogP contribution in [0.4, 0.5) is 5.69 Å². The number of esters is 2. The zero-order valence-corrected chi connectivity index (χ0v) is 16.2. The lowest BCUT2D eigenvalue weighted by molar-refractivity contribution is -0.147. The van der Waals surface area contributed by atoms with Gasteiger partial charge in [-0.15, -0.1) is 0 Å². The third-order valence-corrected chi connectivity index (χ3v) is 5.08. The van der Waals surface area contributed by atoms with Gasteiger partial charge in [0.2, 0.25) is 5.91 Å². The number of rotatable bonds is 7. The first kappa shape index (κ1) is 20.8. The van der Waals surface area contributed by atoms with E-state index in [0.717, 1.165) is 0 Å². The maximum atomic E-state index is 12.8. The number of aliphatic carboxylic acids is 1. The Bertz CT molecular complexity index is 800. The van der Waals surface area contributed by atoms with Gasteiger partial charge >= 0.3 is 17.9 Å². The summed E-state index contributed by atoms with van der Waals surface area (Å²) >= 11 is 0. The molecular weight excluding hydrogens is 382 g/mol. The summed E-state index contributed by atoms with van der Waals surface area (Å²) in [6, 6.07) is 4.08. The number of hydrogen-bond acceptors (Lipinski definition) is 7. The normalized spacial score (nSPS) is 24.8. The van der Waals surface area contributed by atoms with Crippen LogP contribution in [0.15, 0.2) is 18.2 Å². The van der Waals surface area contributed by atoms with E-state index in [1.54, 1.807) is 13.8 Å². The summed E-state index contributed by atoms with van der Waals surface area (Å²) in [4.78, 5) is 48.7. The molecule has 0 saturated carbocycles. The van der Waals surface area contributed by atoms with Crippen molar-refractivity contribution in [1.29, 1.82) is 0 Å². The van der Waals surface area contributed by atoms with E-state index in [-0.39, 0.29) is 30.0 Å². The molecule has 1 aromatic carbocycles. The Labute approximate surface area is 167 Å². The van der Waals surface area contributed by atoms with Gasteiger partial charge in [-0.25, -0.2) is 9.59 Å². The molecule has 2 aliphatic rings. The molecule has 2 heterocycles. The lowest BCUT2D eigenvalue weighted by atomic mass is 9.78. The van der Waals surface area contributed by atoms with Crippen LogP contribution >= 0.6 is 0 Å². The monoisotopic (exact) mass is 405 g/mol. The molecule has 2 aliphatic heterocycles. The molecule has 9 heteroatoms. The number of ether oxygens (including phenoxy) is 3. The minimum absolute atomic E-state index is 0.0756. The van der Waals surface area contributed by atoms with E-state index in [0.29, 0.717) is 12.8 Å². The van der Waals surface area contributed by atoms with E-state index in [4.69, 9.17) is 14.2 Å². The van der Waals surface area contributed by atoms with Crippen LogP contribution in [0.3, 0.4) is 0 Å². The van der Waals surface area contributed by atoms with Crippen molar-refractivity contribution in [3.8, 4) is 0 Å². The molecule has 1 amide bonds. The van der Waals surface area contributed by atoms with Crippen LogP contribution in [0, 0.1) is 11.8 Å². The third-order valence-electron chi connectivity index (χ3n) is 5.08. The maximum Gasteiger partial charge on any atom is 0.338 e. The molecule has 2 saturated heterocycles. The molecule has 9 nitrogen and oxygen atoms in total. The molecular formula is C20H23NO8. The average molecular weight is 405 g/mol. The van der Waals surface area contributed by atoms with Crippen LogP contribution in [-0.2, 0) is 23.8 Å². The standard InChI is InChI=1S/C20H23NO8/c1-3-27-19(25)10-7-11(20(26)28-4-2)9-12(8-10)21-17(22)15-13-5-6-14(29-13)16(15)18(23)24/h7-9,13-16H,3-6H2,1-2H3,(H,21,22)(H,23,24)/t13-,14+,15+,16+/m1/s1. The highest BCUT2D eigenvalue weighted by Gasteiger charge is 2.55. The fourth-order valence-electron chi connectivity index (χ4n) is 3.91. The van der Waals surface area contributed by atoms with Gasteiger partial charge in [0.25, 0.3) is 0 Å². The fraction of sp³-hybridized carbons (Fsp3) is 0.500. The van der Waals surface area contributed by atoms with E-state index < -0.39 is 47.9 Å². The summed E-state index contributed by atoms with van der Waals surface area (Å²) in [6.45, 7) is 3.59. The van der Waals surface area contributed by atoms with Gasteiger partial charge < -0.3 is 24.6 Å². The zero-order valence-electron chi connectivity index (χ0n) is 16.2. The Morgan fingerprint density at radius 1 is 0.966 bits per heavy atom. The van der Waals surface area contributed by atoms with Gasteiger partial charge in [-0.2, -0.15) is 0 Å². The maximum absolute atomic E-state index is 12.8. The summed E-state index contributed by atoms with van der Waals surface area (Å²) in [6.07, 6.45) is 0.285. The van der Waals surface area contributed by atoms with Crippen molar-refractivity contribution in [1.82, 2.24) is 0 Å². The summed E-state index contributed by atoms with van der Waals surface area (Å²) < 4.78 is 15.6. The molecule has 0 aliphatic carbocycles. The Balaban J connectivity index is 1.87. The second-order valence-corrected chi connectivity index (χ2v) is 6.91. The van der Waals surface area contributed by atoms with Crippen LogP contribution in [0.25, 0.3) is 0 Å². The quantitative estimate of drug-likeness (QED) is 0.658. The van der Waals surface area contributed by atoms with Gasteiger partial charge in [-0.05, 0) is 44.9 Å². The predicted molar refractivity (Wildman–Crippen MR) is 99.5 cm³/mol. The smallest absolute Gasteiger partial charge is 0.338 e. The van der Waals surface area contributed by atoms with Crippen LogP contribution in [-0.4, -0.2) is 54.3 Å². The van der Waals surface area contributed by atoms with Gasteiger partial charge in [0.05, 0.1) is 48.4 Å². The Kier molecular flexibility index (Phi) is 6.17. The molecule has 0 aromatic heterocycles. The minimum atomic E-state index is -1.08. The lowest BCUT2D eigenvalue weighted by Crippen LogP contribution is -2.41. The van der Waals surface area contributed by atoms with Crippen molar-refractivity contribution in [2.24, 2.45) is 11.8 Å². The minimum Gasteiger partial charge on any atom is -0.481 e. The first-order chi connectivity index (χ1) is 13.8. The van der Waals surface area contributed by atoms with Crippen molar-refractivity contribution < 1.29 is 38.5 Å². The number of nitrogens with one attached hydrogen (secondary N) is 1. The van der Waals surface area contributed by atoms with Gasteiger partial charge in [-0.3, -0.25) is 9.59 Å². The van der Waals surface area contributed by atoms with Crippen molar-refractivity contribution in [2.45, 2.75) is 38.9 Å². The number of carboxylic acid groups (broad SMARTS) is 1. The molecule has 0 unspecified atom stereocenters. The molecule has 0 spiro atoms. The lowest BCUT2D eigenvalue weighted by Gasteiger charge is -2.24. The van der Waals surface area contributed by atoms with E-state index in [1.807, 2.05) is 0 Å². The Morgan fingerprint density at radius 2 is 1.48 bits per heavy atom. The second kappa shape index (κ2) is 8.60. The Morgan fingerprint density at radius 3 is 1.97 bits per heavy atom. The summed E-state index contributed by atoms with van der Waals surface area (Å²) in [5, 5.41) is 12.1. The molecule has 2 fully saturated rings. The zero-order chi connectivity index (χ0) is 21.1. The number of fused-ring (bicyclic) bond motifs is 2. The van der Waals surface area contributed by atoms with E-state index in [1.165, 1.54) is 18.2 Å². The van der Waals surface area contributed by atoms with Crippen LogP contribution in [0.1, 0.15) is 47.4 Å². The SMILES string of the molecule is CCOC(=O)c1cc(NC(=O)[C@@H]2[C@@H](C(=O)O)[C@@H]3CC[C@H]2O3)cc(C(=O)OCC)c1. The number of carbonyl (C=O) groups excluding carboxylic acids is 3. The van der Waals surface area contributed by atoms with Gasteiger partial charge in [0.15, 0.2) is 0 Å². The molecule has 2 N–H and O–H groups in total. The van der Waals surface area contributed by atoms with Crippen molar-refractivity contribution in [2.75, 3.05) is 18.5 Å². The molecule has 4 atom stereocenters. The number of benzene rings is 1. The van der Waals surface area contributed by atoms with E-state index in [9.17, 15) is 24.3 Å². The number of carboxylic acids is 1. The molecule has 29 heavy (non-hydrogen) atoms. The highest BCUT2D eigenvalue weighted by molar-refractivity contribution is 6.01. The van der Waals surface area contributed by atoms with Crippen molar-refractivity contribution in [3.05, 3.63) is 29.3 Å². The number of carbonyl (C=O) groups is 4. The first-order valence-electron chi connectivity index (χ1n) is 9.54. The topological polar surface area (TPSA) is 128 Å². The molecule has 1 aromatic rings.